The Hall–Kier alpha value is -0.520. The van der Waals surface area contributed by atoms with Gasteiger partial charge in [-0.3, -0.25) is 4.72 Å². The Kier molecular flexibility index (Phi) is 4.19. The fraction of sp³-hybridized carbons (Fsp3) is 0.250. The summed E-state index contributed by atoms with van der Waals surface area (Å²) in [5.41, 5.74) is 0.142. The zero-order valence-corrected chi connectivity index (χ0v) is 9.83. The van der Waals surface area contributed by atoms with Crippen molar-refractivity contribution in [3.05, 3.63) is 29.0 Å². The quantitative estimate of drug-likeness (QED) is 0.856. The lowest BCUT2D eigenvalue weighted by Gasteiger charge is -2.07. The minimum absolute atomic E-state index is 0.00754. The van der Waals surface area contributed by atoms with Gasteiger partial charge in [0.05, 0.1) is 16.5 Å². The number of hydrogen-bond donors (Lipinski definition) is 1. The number of hydrogen-bond acceptors (Lipinski definition) is 2. The highest BCUT2D eigenvalue weighted by atomic mass is 35.5. The fourth-order valence-electron chi connectivity index (χ4n) is 0.892. The Balaban J connectivity index is 2.90. The summed E-state index contributed by atoms with van der Waals surface area (Å²) in [6.45, 7) is 0. The van der Waals surface area contributed by atoms with E-state index in [-0.39, 0.29) is 22.3 Å². The molecular weight excluding hydrogens is 264 g/mol. The molecule has 0 saturated carbocycles. The fourth-order valence-corrected chi connectivity index (χ4v) is 2.59. The third-order valence-electron chi connectivity index (χ3n) is 1.54. The van der Waals surface area contributed by atoms with E-state index in [0.717, 1.165) is 12.1 Å². The number of anilines is 1. The van der Waals surface area contributed by atoms with Gasteiger partial charge in [0.25, 0.3) is 0 Å². The Morgan fingerprint density at radius 3 is 2.60 bits per heavy atom. The van der Waals surface area contributed by atoms with Crippen LogP contribution >= 0.6 is 23.2 Å². The minimum Gasteiger partial charge on any atom is -0.282 e. The number of alkyl halides is 1. The van der Waals surface area contributed by atoms with Crippen molar-refractivity contribution in [2.24, 2.45) is 0 Å². The minimum atomic E-state index is -3.51. The highest BCUT2D eigenvalue weighted by molar-refractivity contribution is 7.92. The first kappa shape index (κ1) is 12.5. The summed E-state index contributed by atoms with van der Waals surface area (Å²) in [7, 11) is -3.51. The number of rotatable bonds is 4. The maximum Gasteiger partial charge on any atom is 0.233 e. The van der Waals surface area contributed by atoms with Gasteiger partial charge in [-0.1, -0.05) is 11.6 Å². The predicted octanol–water partition coefficient (Wildman–Crippen LogP) is 2.46. The van der Waals surface area contributed by atoms with Crippen molar-refractivity contribution >= 4 is 38.9 Å². The smallest absolute Gasteiger partial charge is 0.233 e. The van der Waals surface area contributed by atoms with Crippen molar-refractivity contribution in [3.8, 4) is 0 Å². The molecule has 0 aliphatic rings. The molecule has 84 valence electrons. The Bertz CT molecular complexity index is 450. The molecule has 15 heavy (non-hydrogen) atoms. The molecule has 3 nitrogen and oxygen atoms in total. The van der Waals surface area contributed by atoms with Gasteiger partial charge in [0, 0.05) is 5.88 Å². The third kappa shape index (κ3) is 3.85. The molecule has 0 radical (unpaired) electrons. The average Bonchev–Trinajstić information content (AvgIpc) is 2.09. The van der Waals surface area contributed by atoms with Crippen molar-refractivity contribution in [2.75, 3.05) is 16.4 Å². The van der Waals surface area contributed by atoms with Gasteiger partial charge in [-0.05, 0) is 18.2 Å². The van der Waals surface area contributed by atoms with E-state index >= 15 is 0 Å². The van der Waals surface area contributed by atoms with E-state index in [1.807, 2.05) is 0 Å². The lowest BCUT2D eigenvalue weighted by Crippen LogP contribution is -2.17. The van der Waals surface area contributed by atoms with E-state index in [1.165, 1.54) is 6.07 Å². The number of nitrogens with one attached hydrogen (secondary N) is 1. The molecule has 0 bridgehead atoms. The Morgan fingerprint density at radius 2 is 2.07 bits per heavy atom. The van der Waals surface area contributed by atoms with Crippen molar-refractivity contribution < 1.29 is 12.8 Å². The zero-order chi connectivity index (χ0) is 11.5. The zero-order valence-electron chi connectivity index (χ0n) is 7.50. The maximum atomic E-state index is 12.6. The molecule has 7 heteroatoms. The van der Waals surface area contributed by atoms with Crippen molar-refractivity contribution in [1.29, 1.82) is 0 Å². The standard InChI is InChI=1S/C8H8Cl2FNO2S/c9-3-4-15(13,14)12-8-2-1-6(11)5-7(8)10/h1-2,5,12H,3-4H2. The second kappa shape index (κ2) is 5.01. The van der Waals surface area contributed by atoms with Gasteiger partial charge < -0.3 is 0 Å². The summed E-state index contributed by atoms with van der Waals surface area (Å²) in [5, 5.41) is 0.00754. The maximum absolute atomic E-state index is 12.6. The first-order valence-corrected chi connectivity index (χ1v) is 6.52. The van der Waals surface area contributed by atoms with Crippen LogP contribution in [-0.4, -0.2) is 20.1 Å². The van der Waals surface area contributed by atoms with Crippen molar-refractivity contribution in [3.63, 3.8) is 0 Å². The van der Waals surface area contributed by atoms with Crippen LogP contribution in [0.2, 0.25) is 5.02 Å². The third-order valence-corrected chi connectivity index (χ3v) is 3.54. The van der Waals surface area contributed by atoms with Crippen LogP contribution in [0, 0.1) is 5.82 Å². The molecule has 0 heterocycles. The lowest BCUT2D eigenvalue weighted by atomic mass is 10.3. The van der Waals surface area contributed by atoms with Gasteiger partial charge >= 0.3 is 0 Å². The topological polar surface area (TPSA) is 46.2 Å². The van der Waals surface area contributed by atoms with Gasteiger partial charge in [-0.2, -0.15) is 0 Å². The summed E-state index contributed by atoms with van der Waals surface area (Å²) in [6, 6.07) is 3.40. The molecule has 0 fully saturated rings. The van der Waals surface area contributed by atoms with Crippen LogP contribution in [0.1, 0.15) is 0 Å². The summed E-state index contributed by atoms with van der Waals surface area (Å²) < 4.78 is 37.4. The van der Waals surface area contributed by atoms with Crippen LogP contribution in [0.25, 0.3) is 0 Å². The molecule has 0 amide bonds. The van der Waals surface area contributed by atoms with E-state index in [2.05, 4.69) is 4.72 Å². The molecule has 1 aromatic carbocycles. The van der Waals surface area contributed by atoms with Gasteiger partial charge in [0.15, 0.2) is 0 Å². The lowest BCUT2D eigenvalue weighted by molar-refractivity contribution is 0.602. The predicted molar refractivity (Wildman–Crippen MR) is 59.5 cm³/mol. The van der Waals surface area contributed by atoms with E-state index in [9.17, 15) is 12.8 Å². The number of sulfonamides is 1. The van der Waals surface area contributed by atoms with E-state index in [1.54, 1.807) is 0 Å². The van der Waals surface area contributed by atoms with Crippen molar-refractivity contribution in [1.82, 2.24) is 0 Å². The molecule has 0 unspecified atom stereocenters. The molecule has 0 saturated heterocycles. The summed E-state index contributed by atoms with van der Waals surface area (Å²) in [6.07, 6.45) is 0. The highest BCUT2D eigenvalue weighted by Crippen LogP contribution is 2.23. The van der Waals surface area contributed by atoms with Crippen molar-refractivity contribution in [2.45, 2.75) is 0 Å². The van der Waals surface area contributed by atoms with Crippen LogP contribution in [0.5, 0.6) is 0 Å². The number of benzene rings is 1. The van der Waals surface area contributed by atoms with E-state index in [4.69, 9.17) is 23.2 Å². The number of halogens is 3. The van der Waals surface area contributed by atoms with Crippen LogP contribution in [-0.2, 0) is 10.0 Å². The molecule has 1 aromatic rings. The second-order valence-electron chi connectivity index (χ2n) is 2.73. The van der Waals surface area contributed by atoms with Gasteiger partial charge in [-0.15, -0.1) is 11.6 Å². The summed E-state index contributed by atoms with van der Waals surface area (Å²) in [4.78, 5) is 0. The monoisotopic (exact) mass is 271 g/mol. The molecule has 0 spiro atoms. The molecule has 1 N–H and O–H groups in total. The SMILES string of the molecule is O=S(=O)(CCCl)Nc1ccc(F)cc1Cl. The Labute approximate surface area is 97.2 Å². The van der Waals surface area contributed by atoms with Gasteiger partial charge in [0.1, 0.15) is 5.82 Å². The van der Waals surface area contributed by atoms with Crippen LogP contribution in [0.4, 0.5) is 10.1 Å². The molecule has 0 aliphatic carbocycles. The van der Waals surface area contributed by atoms with E-state index in [0.29, 0.717) is 0 Å². The second-order valence-corrected chi connectivity index (χ2v) is 5.36. The largest absolute Gasteiger partial charge is 0.282 e. The highest BCUT2D eigenvalue weighted by Gasteiger charge is 2.11. The molecule has 0 aliphatic heterocycles. The van der Waals surface area contributed by atoms with E-state index < -0.39 is 15.8 Å². The van der Waals surface area contributed by atoms with Crippen LogP contribution in [0.3, 0.4) is 0 Å². The van der Waals surface area contributed by atoms with Gasteiger partial charge in [-0.25, -0.2) is 12.8 Å². The molecule has 0 atom stereocenters. The molecule has 0 aromatic heterocycles. The molecule has 1 rings (SSSR count). The first-order valence-electron chi connectivity index (χ1n) is 3.96. The van der Waals surface area contributed by atoms with Crippen LogP contribution in [0.15, 0.2) is 18.2 Å². The average molecular weight is 272 g/mol. The summed E-state index contributed by atoms with van der Waals surface area (Å²) in [5.74, 6) is -0.767. The first-order chi connectivity index (χ1) is 6.94. The van der Waals surface area contributed by atoms with Crippen LogP contribution < -0.4 is 4.72 Å². The molecular formula is C8H8Cl2FNO2S. The summed E-state index contributed by atoms with van der Waals surface area (Å²) >= 11 is 10.9. The van der Waals surface area contributed by atoms with Gasteiger partial charge in [0.2, 0.25) is 10.0 Å². The normalized spacial score (nSPS) is 11.4. The Morgan fingerprint density at radius 1 is 1.40 bits per heavy atom.